The van der Waals surface area contributed by atoms with Gasteiger partial charge in [-0.1, -0.05) is 22.9 Å². The Morgan fingerprint density at radius 1 is 1.00 bits per heavy atom. The van der Waals surface area contributed by atoms with Crippen molar-refractivity contribution in [2.45, 2.75) is 20.8 Å². The number of aryl methyl sites for hydroxylation is 1. The van der Waals surface area contributed by atoms with Crippen LogP contribution in [-0.4, -0.2) is 26.8 Å². The van der Waals surface area contributed by atoms with E-state index in [1.165, 1.54) is 6.92 Å². The summed E-state index contributed by atoms with van der Waals surface area (Å²) in [6.07, 6.45) is 0. The standard InChI is InChI=1S/C19H18ClN5O2/c1-11-4-9-16(20)17(10-11)25-12(2)18(23-24-25)19(27)22-15-7-5-14(6-8-15)21-13(3)26/h4-10H,1-3H3,(H,21,26)(H,22,27). The Balaban J connectivity index is 1.81. The van der Waals surface area contributed by atoms with Crippen LogP contribution in [0.2, 0.25) is 5.02 Å². The van der Waals surface area contributed by atoms with Crippen LogP contribution in [0.3, 0.4) is 0 Å². The van der Waals surface area contributed by atoms with Gasteiger partial charge in [-0.3, -0.25) is 9.59 Å². The topological polar surface area (TPSA) is 88.9 Å². The number of anilines is 2. The molecule has 0 unspecified atom stereocenters. The van der Waals surface area contributed by atoms with Crippen molar-refractivity contribution >= 4 is 34.8 Å². The molecule has 0 aliphatic carbocycles. The van der Waals surface area contributed by atoms with Gasteiger partial charge in [-0.05, 0) is 55.8 Å². The molecule has 0 spiro atoms. The summed E-state index contributed by atoms with van der Waals surface area (Å²) < 4.78 is 1.55. The number of nitrogens with zero attached hydrogens (tertiary/aromatic N) is 3. The molecular formula is C19H18ClN5O2. The third-order valence-corrected chi connectivity index (χ3v) is 4.22. The van der Waals surface area contributed by atoms with Gasteiger partial charge in [0.25, 0.3) is 5.91 Å². The first-order valence-electron chi connectivity index (χ1n) is 8.23. The number of benzene rings is 2. The van der Waals surface area contributed by atoms with Crippen LogP contribution in [0.1, 0.15) is 28.7 Å². The van der Waals surface area contributed by atoms with Gasteiger partial charge >= 0.3 is 0 Å². The first-order valence-corrected chi connectivity index (χ1v) is 8.61. The Morgan fingerprint density at radius 3 is 2.26 bits per heavy atom. The molecule has 0 saturated heterocycles. The van der Waals surface area contributed by atoms with Crippen molar-refractivity contribution < 1.29 is 9.59 Å². The average Bonchev–Trinajstić information content (AvgIpc) is 3.00. The number of halogens is 1. The molecule has 2 aromatic carbocycles. The van der Waals surface area contributed by atoms with E-state index in [0.29, 0.717) is 27.8 Å². The van der Waals surface area contributed by atoms with Crippen LogP contribution in [0.5, 0.6) is 0 Å². The molecule has 3 rings (SSSR count). The van der Waals surface area contributed by atoms with Crippen LogP contribution >= 0.6 is 11.6 Å². The Morgan fingerprint density at radius 2 is 1.63 bits per heavy atom. The Labute approximate surface area is 161 Å². The Kier molecular flexibility index (Phi) is 5.23. The van der Waals surface area contributed by atoms with Crippen molar-refractivity contribution in [2.24, 2.45) is 0 Å². The molecule has 0 aliphatic rings. The molecule has 7 nitrogen and oxygen atoms in total. The van der Waals surface area contributed by atoms with Gasteiger partial charge in [0.1, 0.15) is 0 Å². The molecular weight excluding hydrogens is 366 g/mol. The van der Waals surface area contributed by atoms with Crippen LogP contribution < -0.4 is 10.6 Å². The fourth-order valence-corrected chi connectivity index (χ4v) is 2.78. The van der Waals surface area contributed by atoms with Gasteiger partial charge in [-0.25, -0.2) is 4.68 Å². The lowest BCUT2D eigenvalue weighted by molar-refractivity contribution is -0.114. The molecule has 2 N–H and O–H groups in total. The van der Waals surface area contributed by atoms with Crippen molar-refractivity contribution in [1.82, 2.24) is 15.0 Å². The zero-order valence-electron chi connectivity index (χ0n) is 15.1. The molecule has 0 atom stereocenters. The van der Waals surface area contributed by atoms with Crippen LogP contribution in [0.4, 0.5) is 11.4 Å². The van der Waals surface area contributed by atoms with Gasteiger partial charge in [-0.15, -0.1) is 5.10 Å². The fourth-order valence-electron chi connectivity index (χ4n) is 2.58. The first-order chi connectivity index (χ1) is 12.8. The summed E-state index contributed by atoms with van der Waals surface area (Å²) in [6.45, 7) is 5.14. The van der Waals surface area contributed by atoms with E-state index in [-0.39, 0.29) is 17.5 Å². The Hall–Kier alpha value is -3.19. The summed E-state index contributed by atoms with van der Waals surface area (Å²) in [5.74, 6) is -0.538. The highest BCUT2D eigenvalue weighted by Crippen LogP contribution is 2.23. The van der Waals surface area contributed by atoms with Crippen molar-refractivity contribution in [3.63, 3.8) is 0 Å². The predicted molar refractivity (Wildman–Crippen MR) is 105 cm³/mol. The van der Waals surface area contributed by atoms with E-state index in [4.69, 9.17) is 11.6 Å². The van der Waals surface area contributed by atoms with Gasteiger partial charge in [0.05, 0.1) is 16.4 Å². The van der Waals surface area contributed by atoms with E-state index in [2.05, 4.69) is 20.9 Å². The largest absolute Gasteiger partial charge is 0.326 e. The van der Waals surface area contributed by atoms with Crippen LogP contribution in [-0.2, 0) is 4.79 Å². The minimum absolute atomic E-state index is 0.158. The van der Waals surface area contributed by atoms with Gasteiger partial charge in [0.15, 0.2) is 5.69 Å². The molecule has 0 fully saturated rings. The number of hydrogen-bond donors (Lipinski definition) is 2. The molecule has 0 radical (unpaired) electrons. The van der Waals surface area contributed by atoms with Gasteiger partial charge in [-0.2, -0.15) is 0 Å². The number of aromatic nitrogens is 3. The summed E-state index contributed by atoms with van der Waals surface area (Å²) in [7, 11) is 0. The first kappa shape index (κ1) is 18.6. The molecule has 1 aromatic heterocycles. The summed E-state index contributed by atoms with van der Waals surface area (Å²) in [4.78, 5) is 23.6. The molecule has 3 aromatic rings. The molecule has 0 aliphatic heterocycles. The number of nitrogens with one attached hydrogen (secondary N) is 2. The number of carbonyl (C=O) groups is 2. The van der Waals surface area contributed by atoms with E-state index in [1.807, 2.05) is 19.1 Å². The van der Waals surface area contributed by atoms with Crippen LogP contribution in [0.25, 0.3) is 5.69 Å². The van der Waals surface area contributed by atoms with Crippen molar-refractivity contribution in [2.75, 3.05) is 10.6 Å². The molecule has 27 heavy (non-hydrogen) atoms. The third-order valence-electron chi connectivity index (χ3n) is 3.90. The zero-order chi connectivity index (χ0) is 19.6. The molecule has 2 amide bonds. The van der Waals surface area contributed by atoms with E-state index in [1.54, 1.807) is 41.9 Å². The summed E-state index contributed by atoms with van der Waals surface area (Å²) in [5.41, 5.74) is 3.71. The quantitative estimate of drug-likeness (QED) is 0.718. The maximum Gasteiger partial charge on any atom is 0.278 e. The van der Waals surface area contributed by atoms with Crippen molar-refractivity contribution in [3.8, 4) is 5.69 Å². The SMILES string of the molecule is CC(=O)Nc1ccc(NC(=O)c2nnn(-c3cc(C)ccc3Cl)c2C)cc1. The lowest BCUT2D eigenvalue weighted by atomic mass is 10.2. The highest BCUT2D eigenvalue weighted by Gasteiger charge is 2.19. The summed E-state index contributed by atoms with van der Waals surface area (Å²) in [6, 6.07) is 12.4. The monoisotopic (exact) mass is 383 g/mol. The smallest absolute Gasteiger partial charge is 0.278 e. The predicted octanol–water partition coefficient (Wildman–Crippen LogP) is 3.75. The van der Waals surface area contributed by atoms with Crippen molar-refractivity contribution in [3.05, 3.63) is 64.4 Å². The normalized spacial score (nSPS) is 10.5. The highest BCUT2D eigenvalue weighted by atomic mass is 35.5. The third kappa shape index (κ3) is 4.15. The van der Waals surface area contributed by atoms with E-state index in [9.17, 15) is 9.59 Å². The number of carbonyl (C=O) groups excluding carboxylic acids is 2. The molecule has 0 bridgehead atoms. The lowest BCUT2D eigenvalue weighted by Crippen LogP contribution is -2.14. The van der Waals surface area contributed by atoms with Gasteiger partial charge in [0.2, 0.25) is 5.91 Å². The molecule has 138 valence electrons. The van der Waals surface area contributed by atoms with E-state index >= 15 is 0 Å². The van der Waals surface area contributed by atoms with Gasteiger partial charge < -0.3 is 10.6 Å². The minimum Gasteiger partial charge on any atom is -0.326 e. The number of rotatable bonds is 4. The second kappa shape index (κ2) is 7.59. The Bertz CT molecular complexity index is 1010. The van der Waals surface area contributed by atoms with E-state index < -0.39 is 0 Å². The highest BCUT2D eigenvalue weighted by molar-refractivity contribution is 6.32. The number of amides is 2. The molecule has 8 heteroatoms. The van der Waals surface area contributed by atoms with Crippen LogP contribution in [0, 0.1) is 13.8 Å². The molecule has 0 saturated carbocycles. The fraction of sp³-hybridized carbons (Fsp3) is 0.158. The second-order valence-electron chi connectivity index (χ2n) is 6.10. The summed E-state index contributed by atoms with van der Waals surface area (Å²) in [5, 5.41) is 14.0. The summed E-state index contributed by atoms with van der Waals surface area (Å²) >= 11 is 6.25. The van der Waals surface area contributed by atoms with Crippen molar-refractivity contribution in [1.29, 1.82) is 0 Å². The maximum absolute atomic E-state index is 12.6. The number of hydrogen-bond acceptors (Lipinski definition) is 4. The average molecular weight is 384 g/mol. The minimum atomic E-state index is -0.380. The second-order valence-corrected chi connectivity index (χ2v) is 6.51. The van der Waals surface area contributed by atoms with E-state index in [0.717, 1.165) is 5.56 Å². The maximum atomic E-state index is 12.6. The molecule has 1 heterocycles. The van der Waals surface area contributed by atoms with Gasteiger partial charge in [0, 0.05) is 18.3 Å². The lowest BCUT2D eigenvalue weighted by Gasteiger charge is -2.08. The van der Waals surface area contributed by atoms with Crippen LogP contribution in [0.15, 0.2) is 42.5 Å². The zero-order valence-corrected chi connectivity index (χ0v) is 15.8.